The third-order valence-electron chi connectivity index (χ3n) is 1.59. The number of amides is 2. The second-order valence-electron chi connectivity index (χ2n) is 2.59. The second kappa shape index (κ2) is 4.18. The summed E-state index contributed by atoms with van der Waals surface area (Å²) in [6.07, 6.45) is -4.81. The van der Waals surface area contributed by atoms with Crippen molar-refractivity contribution in [3.63, 3.8) is 0 Å². The number of nitrogens with one attached hydrogen (secondary N) is 1. The maximum atomic E-state index is 12.5. The Morgan fingerprint density at radius 3 is 2.20 bits per heavy atom. The lowest BCUT2D eigenvalue weighted by Gasteiger charge is -2.23. The number of para-hydroxylation sites is 1. The predicted octanol–water partition coefficient (Wildman–Crippen LogP) is 1.60. The molecule has 0 radical (unpaired) electrons. The molecular weight excluding hydrogens is 211 g/mol. The number of carbonyl (C=O) groups excluding carboxylic acids is 1. The van der Waals surface area contributed by atoms with Crippen LogP contribution in [0.5, 0.6) is 0 Å². The second-order valence-corrected chi connectivity index (χ2v) is 2.59. The van der Waals surface area contributed by atoms with Gasteiger partial charge < -0.3 is 0 Å². The number of alkyl halides is 3. The Hall–Kier alpha value is -1.76. The molecule has 0 aliphatic carbocycles. The van der Waals surface area contributed by atoms with Crippen LogP contribution in [-0.2, 0) is 0 Å². The average Bonchev–Trinajstić information content (AvgIpc) is 2.17. The van der Waals surface area contributed by atoms with Gasteiger partial charge in [-0.05, 0) is 12.1 Å². The summed E-state index contributed by atoms with van der Waals surface area (Å²) in [6, 6.07) is 5.19. The summed E-state index contributed by atoms with van der Waals surface area (Å²) in [5, 5.41) is 0. The van der Waals surface area contributed by atoms with Crippen LogP contribution in [0.15, 0.2) is 30.3 Å². The Balaban J connectivity index is 3.08. The van der Waals surface area contributed by atoms with E-state index in [0.29, 0.717) is 0 Å². The third-order valence-corrected chi connectivity index (χ3v) is 1.59. The van der Waals surface area contributed by atoms with Gasteiger partial charge in [0.15, 0.2) is 0 Å². The Morgan fingerprint density at radius 2 is 1.80 bits per heavy atom. The average molecular weight is 219 g/mol. The van der Waals surface area contributed by atoms with Gasteiger partial charge in [0, 0.05) is 0 Å². The van der Waals surface area contributed by atoms with Crippen LogP contribution >= 0.6 is 0 Å². The van der Waals surface area contributed by atoms with Gasteiger partial charge in [0.25, 0.3) is 0 Å². The highest BCUT2D eigenvalue weighted by atomic mass is 19.4. The maximum absolute atomic E-state index is 12.5. The first-order chi connectivity index (χ1) is 6.96. The van der Waals surface area contributed by atoms with E-state index in [9.17, 15) is 18.0 Å². The fourth-order valence-electron chi connectivity index (χ4n) is 1.02. The van der Waals surface area contributed by atoms with Gasteiger partial charge in [-0.1, -0.05) is 18.2 Å². The van der Waals surface area contributed by atoms with Crippen molar-refractivity contribution in [1.29, 1.82) is 0 Å². The van der Waals surface area contributed by atoms with E-state index >= 15 is 0 Å². The number of hydrazine groups is 1. The SMILES string of the molecule is NNC(=O)N(c1ccccc1)C(F)(F)F. The van der Waals surface area contributed by atoms with Crippen molar-refractivity contribution >= 4 is 11.7 Å². The van der Waals surface area contributed by atoms with Crippen molar-refractivity contribution in [1.82, 2.24) is 5.43 Å². The molecule has 15 heavy (non-hydrogen) atoms. The fraction of sp³-hybridized carbons (Fsp3) is 0.125. The molecule has 0 unspecified atom stereocenters. The summed E-state index contributed by atoms with van der Waals surface area (Å²) >= 11 is 0. The summed E-state index contributed by atoms with van der Waals surface area (Å²) in [6.45, 7) is 0. The number of benzene rings is 1. The standard InChI is InChI=1S/C8H8F3N3O/c9-8(10,11)14(7(15)13-12)6-4-2-1-3-5-6/h1-5H,12H2,(H,13,15). The van der Waals surface area contributed by atoms with Crippen LogP contribution in [-0.4, -0.2) is 12.3 Å². The normalized spacial score (nSPS) is 10.9. The molecule has 2 amide bonds. The van der Waals surface area contributed by atoms with E-state index in [1.807, 2.05) is 0 Å². The Labute approximate surface area is 83.4 Å². The van der Waals surface area contributed by atoms with Crippen molar-refractivity contribution in [2.75, 3.05) is 4.90 Å². The van der Waals surface area contributed by atoms with Crippen LogP contribution < -0.4 is 16.2 Å². The number of anilines is 1. The quantitative estimate of drug-likeness (QED) is 0.326. The highest BCUT2D eigenvalue weighted by molar-refractivity contribution is 5.92. The molecule has 0 atom stereocenters. The molecule has 0 aromatic heterocycles. The topological polar surface area (TPSA) is 58.4 Å². The Morgan fingerprint density at radius 1 is 1.27 bits per heavy atom. The summed E-state index contributed by atoms with van der Waals surface area (Å²) < 4.78 is 37.4. The lowest BCUT2D eigenvalue weighted by molar-refractivity contribution is -0.121. The monoisotopic (exact) mass is 219 g/mol. The van der Waals surface area contributed by atoms with Gasteiger partial charge in [0.05, 0.1) is 5.69 Å². The van der Waals surface area contributed by atoms with Gasteiger partial charge in [-0.2, -0.15) is 0 Å². The number of hydrogen-bond donors (Lipinski definition) is 2. The summed E-state index contributed by atoms with van der Waals surface area (Å²) in [5.74, 6) is 4.67. The molecule has 0 aliphatic heterocycles. The molecule has 0 heterocycles. The lowest BCUT2D eigenvalue weighted by Crippen LogP contribution is -2.50. The van der Waals surface area contributed by atoms with Crippen molar-refractivity contribution in [2.45, 2.75) is 6.30 Å². The van der Waals surface area contributed by atoms with Crippen LogP contribution in [0.1, 0.15) is 0 Å². The van der Waals surface area contributed by atoms with E-state index in [0.717, 1.165) is 12.1 Å². The third kappa shape index (κ3) is 2.59. The zero-order valence-corrected chi connectivity index (χ0v) is 7.45. The fourth-order valence-corrected chi connectivity index (χ4v) is 1.02. The van der Waals surface area contributed by atoms with E-state index in [-0.39, 0.29) is 10.6 Å². The molecule has 0 spiro atoms. The molecule has 4 nitrogen and oxygen atoms in total. The van der Waals surface area contributed by atoms with E-state index < -0.39 is 12.3 Å². The number of urea groups is 1. The molecule has 1 aromatic rings. The molecule has 0 bridgehead atoms. The van der Waals surface area contributed by atoms with Gasteiger partial charge >= 0.3 is 12.3 Å². The summed E-state index contributed by atoms with van der Waals surface area (Å²) in [7, 11) is 0. The van der Waals surface area contributed by atoms with Crippen LogP contribution in [0.3, 0.4) is 0 Å². The zero-order valence-electron chi connectivity index (χ0n) is 7.45. The number of nitrogens with zero attached hydrogens (tertiary/aromatic N) is 1. The molecule has 0 aliphatic rings. The molecule has 1 aromatic carbocycles. The summed E-state index contributed by atoms with van der Waals surface area (Å²) in [5.41, 5.74) is 1.14. The largest absolute Gasteiger partial charge is 0.493 e. The number of nitrogens with two attached hydrogens (primary N) is 1. The minimum atomic E-state index is -4.81. The molecule has 1 rings (SSSR count). The van der Waals surface area contributed by atoms with Gasteiger partial charge in [0.1, 0.15) is 0 Å². The molecule has 0 saturated heterocycles. The maximum Gasteiger partial charge on any atom is 0.493 e. The number of halogens is 3. The smallest absolute Gasteiger partial charge is 0.275 e. The van der Waals surface area contributed by atoms with Crippen molar-refractivity contribution in [3.05, 3.63) is 30.3 Å². The summed E-state index contributed by atoms with van der Waals surface area (Å²) in [4.78, 5) is 10.5. The highest BCUT2D eigenvalue weighted by Crippen LogP contribution is 2.27. The first kappa shape index (κ1) is 11.3. The van der Waals surface area contributed by atoms with Gasteiger partial charge in [-0.15, -0.1) is 13.2 Å². The van der Waals surface area contributed by atoms with Crippen LogP contribution in [0.25, 0.3) is 0 Å². The van der Waals surface area contributed by atoms with E-state index in [1.165, 1.54) is 17.6 Å². The van der Waals surface area contributed by atoms with Crippen LogP contribution in [0.2, 0.25) is 0 Å². The molecule has 3 N–H and O–H groups in total. The van der Waals surface area contributed by atoms with E-state index in [4.69, 9.17) is 0 Å². The Kier molecular flexibility index (Phi) is 3.15. The predicted molar refractivity (Wildman–Crippen MR) is 47.7 cm³/mol. The van der Waals surface area contributed by atoms with Gasteiger partial charge in [0.2, 0.25) is 0 Å². The zero-order chi connectivity index (χ0) is 11.5. The van der Waals surface area contributed by atoms with E-state index in [1.54, 1.807) is 6.07 Å². The van der Waals surface area contributed by atoms with Gasteiger partial charge in [-0.3, -0.25) is 5.43 Å². The van der Waals surface area contributed by atoms with Crippen molar-refractivity contribution in [2.24, 2.45) is 5.84 Å². The van der Waals surface area contributed by atoms with Crippen molar-refractivity contribution in [3.8, 4) is 0 Å². The van der Waals surface area contributed by atoms with Crippen LogP contribution in [0.4, 0.5) is 23.7 Å². The molecule has 7 heteroatoms. The number of carbonyl (C=O) groups is 1. The molecule has 0 fully saturated rings. The van der Waals surface area contributed by atoms with Crippen LogP contribution in [0, 0.1) is 0 Å². The highest BCUT2D eigenvalue weighted by Gasteiger charge is 2.42. The number of rotatable bonds is 1. The first-order valence-corrected chi connectivity index (χ1v) is 3.89. The lowest BCUT2D eigenvalue weighted by atomic mass is 10.3. The molecule has 82 valence electrons. The van der Waals surface area contributed by atoms with Crippen molar-refractivity contribution < 1.29 is 18.0 Å². The van der Waals surface area contributed by atoms with E-state index in [2.05, 4.69) is 5.84 Å². The number of hydrogen-bond acceptors (Lipinski definition) is 2. The minimum absolute atomic E-state index is 0.298. The molecular formula is C8H8F3N3O. The van der Waals surface area contributed by atoms with Gasteiger partial charge in [-0.25, -0.2) is 15.5 Å². The first-order valence-electron chi connectivity index (χ1n) is 3.89. The minimum Gasteiger partial charge on any atom is -0.275 e. The Bertz CT molecular complexity index is 339. The molecule has 0 saturated carbocycles.